The second-order valence-electron chi connectivity index (χ2n) is 4.33. The van der Waals surface area contributed by atoms with Crippen molar-refractivity contribution in [3.8, 4) is 0 Å². The van der Waals surface area contributed by atoms with Crippen molar-refractivity contribution in [2.75, 3.05) is 25.1 Å². The van der Waals surface area contributed by atoms with Crippen LogP contribution in [0.2, 0.25) is 0 Å². The highest BCUT2D eigenvalue weighted by atomic mass is 19.2. The summed E-state index contributed by atoms with van der Waals surface area (Å²) < 4.78 is 70.1. The molecule has 0 aliphatic carbocycles. The summed E-state index contributed by atoms with van der Waals surface area (Å²) in [7, 11) is 0. The molecule has 1 heterocycles. The number of ether oxygens (including phenoxy) is 1. The number of halogens is 5. The number of rotatable bonds is 3. The Morgan fingerprint density at radius 2 is 1.53 bits per heavy atom. The first-order valence-corrected chi connectivity index (χ1v) is 5.41. The molecule has 106 valence electrons. The maximum atomic E-state index is 13.3. The first kappa shape index (κ1) is 14.0. The van der Waals surface area contributed by atoms with Gasteiger partial charge in [-0.25, -0.2) is 22.0 Å². The lowest BCUT2D eigenvalue weighted by molar-refractivity contribution is 0.0380. The molecule has 1 aromatic rings. The highest BCUT2D eigenvalue weighted by Gasteiger charge is 2.33. The third kappa shape index (κ3) is 2.50. The van der Waals surface area contributed by atoms with Gasteiger partial charge in [0.05, 0.1) is 6.61 Å². The molecule has 0 spiro atoms. The maximum absolute atomic E-state index is 13.3. The molecule has 1 atom stereocenters. The highest BCUT2D eigenvalue weighted by molar-refractivity contribution is 5.48. The molecule has 0 radical (unpaired) electrons. The Balaban J connectivity index is 2.25. The van der Waals surface area contributed by atoms with Crippen LogP contribution in [0.25, 0.3) is 0 Å². The smallest absolute Gasteiger partial charge is 0.200 e. The summed E-state index contributed by atoms with van der Waals surface area (Å²) >= 11 is 0. The van der Waals surface area contributed by atoms with Gasteiger partial charge in [-0.1, -0.05) is 0 Å². The van der Waals surface area contributed by atoms with Crippen molar-refractivity contribution in [2.24, 2.45) is 0 Å². The minimum absolute atomic E-state index is 0.0740. The molecule has 1 aliphatic heterocycles. The van der Waals surface area contributed by atoms with Crippen LogP contribution in [0, 0.1) is 29.1 Å². The maximum Gasteiger partial charge on any atom is 0.200 e. The van der Waals surface area contributed by atoms with Crippen LogP contribution < -0.4 is 5.32 Å². The summed E-state index contributed by atoms with van der Waals surface area (Å²) in [5.41, 5.74) is -2.54. The Labute approximate surface area is 105 Å². The quantitative estimate of drug-likeness (QED) is 0.506. The van der Waals surface area contributed by atoms with Crippen LogP contribution in [0.5, 0.6) is 0 Å². The molecule has 19 heavy (non-hydrogen) atoms. The van der Waals surface area contributed by atoms with Crippen LogP contribution >= 0.6 is 0 Å². The predicted octanol–water partition coefficient (Wildman–Crippen LogP) is 1.95. The van der Waals surface area contributed by atoms with Gasteiger partial charge in [-0.05, 0) is 0 Å². The van der Waals surface area contributed by atoms with E-state index in [-0.39, 0.29) is 26.2 Å². The number of benzene rings is 1. The summed E-state index contributed by atoms with van der Waals surface area (Å²) in [5.74, 6) is -10.2. The van der Waals surface area contributed by atoms with Crippen molar-refractivity contribution in [1.29, 1.82) is 0 Å². The van der Waals surface area contributed by atoms with Gasteiger partial charge in [-0.3, -0.25) is 0 Å². The Morgan fingerprint density at radius 1 is 1.00 bits per heavy atom. The van der Waals surface area contributed by atoms with Crippen molar-refractivity contribution < 1.29 is 31.8 Å². The van der Waals surface area contributed by atoms with Crippen LogP contribution in [-0.4, -0.2) is 30.5 Å². The van der Waals surface area contributed by atoms with Gasteiger partial charge in [-0.2, -0.15) is 0 Å². The summed E-state index contributed by atoms with van der Waals surface area (Å²) in [5, 5.41) is 11.9. The minimum Gasteiger partial charge on any atom is -0.386 e. The Morgan fingerprint density at radius 3 is 2.00 bits per heavy atom. The molecular weight excluding hydrogens is 273 g/mol. The van der Waals surface area contributed by atoms with Gasteiger partial charge in [0.2, 0.25) is 5.82 Å². The molecule has 3 nitrogen and oxygen atoms in total. The third-order valence-corrected chi connectivity index (χ3v) is 2.89. The molecule has 1 aromatic carbocycles. The number of nitrogens with one attached hydrogen (secondary N) is 1. The monoisotopic (exact) mass is 283 g/mol. The zero-order valence-electron chi connectivity index (χ0n) is 9.57. The fourth-order valence-electron chi connectivity index (χ4n) is 1.75. The standard InChI is InChI=1S/C11H10F5NO2/c12-5-6(13)8(15)10(9(16)7(5)14)17-3-11(18)1-2-19-4-11/h17-18H,1-4H2. The number of hydrogen-bond donors (Lipinski definition) is 2. The van der Waals surface area contributed by atoms with Crippen LogP contribution in [-0.2, 0) is 4.74 Å². The first-order valence-electron chi connectivity index (χ1n) is 5.41. The Kier molecular flexibility index (Phi) is 3.64. The zero-order valence-corrected chi connectivity index (χ0v) is 9.57. The van der Waals surface area contributed by atoms with E-state index in [1.807, 2.05) is 5.32 Å². The summed E-state index contributed by atoms with van der Waals surface area (Å²) in [6, 6.07) is 0. The van der Waals surface area contributed by atoms with Crippen molar-refractivity contribution in [1.82, 2.24) is 0 Å². The molecule has 1 saturated heterocycles. The van der Waals surface area contributed by atoms with E-state index in [9.17, 15) is 27.1 Å². The van der Waals surface area contributed by atoms with Gasteiger partial charge < -0.3 is 15.2 Å². The van der Waals surface area contributed by atoms with E-state index < -0.39 is 40.4 Å². The second kappa shape index (κ2) is 4.93. The third-order valence-electron chi connectivity index (χ3n) is 2.89. The topological polar surface area (TPSA) is 41.5 Å². The molecule has 1 fully saturated rings. The normalized spacial score (nSPS) is 22.8. The van der Waals surface area contributed by atoms with Crippen LogP contribution in [0.4, 0.5) is 27.6 Å². The van der Waals surface area contributed by atoms with Crippen molar-refractivity contribution in [2.45, 2.75) is 12.0 Å². The van der Waals surface area contributed by atoms with Gasteiger partial charge >= 0.3 is 0 Å². The number of anilines is 1. The fraction of sp³-hybridized carbons (Fsp3) is 0.455. The van der Waals surface area contributed by atoms with Crippen LogP contribution in [0.3, 0.4) is 0 Å². The number of hydrogen-bond acceptors (Lipinski definition) is 3. The van der Waals surface area contributed by atoms with E-state index in [0.717, 1.165) is 0 Å². The zero-order chi connectivity index (χ0) is 14.2. The Bertz CT molecular complexity index is 473. The van der Waals surface area contributed by atoms with Crippen LogP contribution in [0.15, 0.2) is 0 Å². The summed E-state index contributed by atoms with van der Waals surface area (Å²) in [6.07, 6.45) is 0.204. The summed E-state index contributed by atoms with van der Waals surface area (Å²) in [6.45, 7) is -0.198. The van der Waals surface area contributed by atoms with Gasteiger partial charge in [-0.15, -0.1) is 0 Å². The summed E-state index contributed by atoms with van der Waals surface area (Å²) in [4.78, 5) is 0. The van der Waals surface area contributed by atoms with Crippen molar-refractivity contribution in [3.05, 3.63) is 29.1 Å². The fourth-order valence-corrected chi connectivity index (χ4v) is 1.75. The van der Waals surface area contributed by atoms with Gasteiger partial charge in [0, 0.05) is 19.6 Å². The molecule has 0 bridgehead atoms. The molecular formula is C11H10F5NO2. The predicted molar refractivity (Wildman–Crippen MR) is 55.1 cm³/mol. The lowest BCUT2D eigenvalue weighted by atomic mass is 10.0. The highest BCUT2D eigenvalue weighted by Crippen LogP contribution is 2.28. The second-order valence-corrected chi connectivity index (χ2v) is 4.33. The van der Waals surface area contributed by atoms with Crippen LogP contribution in [0.1, 0.15) is 6.42 Å². The van der Waals surface area contributed by atoms with E-state index in [4.69, 9.17) is 4.74 Å². The molecule has 2 rings (SSSR count). The van der Waals surface area contributed by atoms with E-state index in [1.54, 1.807) is 0 Å². The average Bonchev–Trinajstić information content (AvgIpc) is 2.81. The van der Waals surface area contributed by atoms with Crippen molar-refractivity contribution >= 4 is 5.69 Å². The van der Waals surface area contributed by atoms with E-state index in [2.05, 4.69) is 0 Å². The molecule has 1 unspecified atom stereocenters. The molecule has 0 saturated carbocycles. The molecule has 0 aromatic heterocycles. The average molecular weight is 283 g/mol. The molecule has 0 amide bonds. The molecule has 1 aliphatic rings. The lowest BCUT2D eigenvalue weighted by Crippen LogP contribution is -2.37. The molecule has 2 N–H and O–H groups in total. The first-order chi connectivity index (χ1) is 8.86. The van der Waals surface area contributed by atoms with E-state index >= 15 is 0 Å². The van der Waals surface area contributed by atoms with E-state index in [0.29, 0.717) is 0 Å². The largest absolute Gasteiger partial charge is 0.386 e. The minimum atomic E-state index is -2.22. The van der Waals surface area contributed by atoms with E-state index in [1.165, 1.54) is 0 Å². The van der Waals surface area contributed by atoms with Gasteiger partial charge in [0.25, 0.3) is 0 Å². The Hall–Kier alpha value is -1.41. The van der Waals surface area contributed by atoms with Gasteiger partial charge in [0.1, 0.15) is 11.3 Å². The molecule has 8 heteroatoms. The van der Waals surface area contributed by atoms with Crippen molar-refractivity contribution in [3.63, 3.8) is 0 Å². The van der Waals surface area contributed by atoms with Gasteiger partial charge in [0.15, 0.2) is 23.3 Å². The lowest BCUT2D eigenvalue weighted by Gasteiger charge is -2.22. The SMILES string of the molecule is OC1(CNc2c(F)c(F)c(F)c(F)c2F)CCOC1. The number of aliphatic hydroxyl groups is 1.